The molecule has 0 fully saturated rings. The van der Waals surface area contributed by atoms with Gasteiger partial charge in [-0.2, -0.15) is 4.98 Å². The smallest absolute Gasteiger partial charge is 0.303 e. The molecule has 0 unspecified atom stereocenters. The number of rotatable bonds is 6. The molecule has 1 aliphatic heterocycles. The molecule has 0 bridgehead atoms. The Morgan fingerprint density at radius 2 is 1.83 bits per heavy atom. The van der Waals surface area contributed by atoms with Crippen LogP contribution in [-0.4, -0.2) is 31.7 Å². The third-order valence-corrected chi connectivity index (χ3v) is 4.83. The highest BCUT2D eigenvalue weighted by Crippen LogP contribution is 2.33. The number of carboxylic acids is 1. The van der Waals surface area contributed by atoms with Crippen LogP contribution < -0.4 is 10.6 Å². The van der Waals surface area contributed by atoms with Crippen LogP contribution in [0.3, 0.4) is 0 Å². The van der Waals surface area contributed by atoms with E-state index in [1.165, 1.54) is 0 Å². The Morgan fingerprint density at radius 3 is 2.53 bits per heavy atom. The molecule has 0 spiro atoms. The van der Waals surface area contributed by atoms with Crippen LogP contribution in [0, 0.1) is 0 Å². The lowest BCUT2D eigenvalue weighted by Crippen LogP contribution is -2.20. The molecular weight excluding hydrogens is 406 g/mol. The van der Waals surface area contributed by atoms with Crippen LogP contribution in [0.25, 0.3) is 5.70 Å². The summed E-state index contributed by atoms with van der Waals surface area (Å²) in [5, 5.41) is 19.6. The molecule has 152 valence electrons. The summed E-state index contributed by atoms with van der Waals surface area (Å²) in [6.45, 7) is 0. The highest BCUT2D eigenvalue weighted by atomic mass is 35.5. The van der Waals surface area contributed by atoms with Gasteiger partial charge in [-0.05, 0) is 29.3 Å². The number of nitrogens with one attached hydrogen (secondary N) is 2. The van der Waals surface area contributed by atoms with E-state index in [4.69, 9.17) is 16.7 Å². The van der Waals surface area contributed by atoms with E-state index in [2.05, 4.69) is 20.7 Å². The van der Waals surface area contributed by atoms with Gasteiger partial charge in [0.05, 0.1) is 6.42 Å². The lowest BCUT2D eigenvalue weighted by atomic mass is 10.0. The molecule has 1 aromatic heterocycles. The fourth-order valence-electron chi connectivity index (χ4n) is 3.14. The van der Waals surface area contributed by atoms with Gasteiger partial charge in [-0.1, -0.05) is 54.1 Å². The van der Waals surface area contributed by atoms with Gasteiger partial charge >= 0.3 is 5.97 Å². The molecular formula is C21H18ClN5O3. The number of fused-ring (bicyclic) bond motifs is 1. The van der Waals surface area contributed by atoms with E-state index in [0.29, 0.717) is 11.0 Å². The average molecular weight is 424 g/mol. The second kappa shape index (κ2) is 8.38. The second-order valence-electron chi connectivity index (χ2n) is 6.71. The molecule has 2 heterocycles. The van der Waals surface area contributed by atoms with Crippen LogP contribution in [0.2, 0.25) is 5.02 Å². The van der Waals surface area contributed by atoms with Gasteiger partial charge in [-0.25, -0.2) is 4.68 Å². The Bertz CT molecular complexity index is 1110. The number of anilines is 2. The van der Waals surface area contributed by atoms with Crippen molar-refractivity contribution >= 4 is 41.1 Å². The number of halogens is 1. The molecule has 1 aliphatic rings. The van der Waals surface area contributed by atoms with Gasteiger partial charge in [0.1, 0.15) is 6.04 Å². The maximum Gasteiger partial charge on any atom is 0.303 e. The lowest BCUT2D eigenvalue weighted by Gasteiger charge is -2.24. The van der Waals surface area contributed by atoms with Crippen molar-refractivity contribution in [3.05, 3.63) is 76.8 Å². The lowest BCUT2D eigenvalue weighted by molar-refractivity contribution is -0.138. The number of hydrogen-bond acceptors (Lipinski definition) is 5. The van der Waals surface area contributed by atoms with Crippen LogP contribution in [0.15, 0.2) is 60.7 Å². The van der Waals surface area contributed by atoms with E-state index in [1.807, 2.05) is 60.7 Å². The Kier molecular flexibility index (Phi) is 5.49. The molecule has 8 nitrogen and oxygen atoms in total. The van der Waals surface area contributed by atoms with Gasteiger partial charge in [0.2, 0.25) is 11.9 Å². The third-order valence-electron chi connectivity index (χ3n) is 4.58. The zero-order valence-corrected chi connectivity index (χ0v) is 16.5. The first-order valence-electron chi connectivity index (χ1n) is 9.27. The largest absolute Gasteiger partial charge is 0.481 e. The van der Waals surface area contributed by atoms with Crippen LogP contribution in [0.5, 0.6) is 0 Å². The maximum absolute atomic E-state index is 12.0. The average Bonchev–Trinajstić information content (AvgIpc) is 3.15. The minimum absolute atomic E-state index is 0.111. The van der Waals surface area contributed by atoms with Gasteiger partial charge in [-0.15, -0.1) is 5.10 Å². The number of carbonyl (C=O) groups is 2. The van der Waals surface area contributed by atoms with Gasteiger partial charge < -0.3 is 10.4 Å². The SMILES string of the molecule is O=C(O)CCC(=O)Nc1nc2n(n1)[C@@H](c1ccccc1)C=C(c1ccc(Cl)cc1)N2. The van der Waals surface area contributed by atoms with E-state index in [-0.39, 0.29) is 24.8 Å². The van der Waals surface area contributed by atoms with Crippen molar-refractivity contribution < 1.29 is 14.7 Å². The summed E-state index contributed by atoms with van der Waals surface area (Å²) < 4.78 is 1.68. The van der Waals surface area contributed by atoms with Gasteiger partial charge in [0.25, 0.3) is 5.95 Å². The van der Waals surface area contributed by atoms with Crippen LogP contribution in [0.1, 0.15) is 30.0 Å². The molecule has 0 saturated heterocycles. The normalized spacial score (nSPS) is 15.0. The summed E-state index contributed by atoms with van der Waals surface area (Å²) in [4.78, 5) is 27.0. The van der Waals surface area contributed by atoms with Gasteiger partial charge in [0, 0.05) is 17.1 Å². The molecule has 0 saturated carbocycles. The molecule has 30 heavy (non-hydrogen) atoms. The summed E-state index contributed by atoms with van der Waals surface area (Å²) in [7, 11) is 0. The molecule has 3 N–H and O–H groups in total. The van der Waals surface area contributed by atoms with Crippen molar-refractivity contribution in [1.29, 1.82) is 0 Å². The van der Waals surface area contributed by atoms with Crippen molar-refractivity contribution in [2.24, 2.45) is 0 Å². The van der Waals surface area contributed by atoms with Crippen molar-refractivity contribution in [2.75, 3.05) is 10.6 Å². The molecule has 1 atom stereocenters. The molecule has 0 radical (unpaired) electrons. The van der Waals surface area contributed by atoms with Crippen molar-refractivity contribution in [3.8, 4) is 0 Å². The molecule has 9 heteroatoms. The van der Waals surface area contributed by atoms with E-state index >= 15 is 0 Å². The minimum atomic E-state index is -1.04. The fraction of sp³-hybridized carbons (Fsp3) is 0.143. The number of allylic oxidation sites excluding steroid dienone is 1. The summed E-state index contributed by atoms with van der Waals surface area (Å²) in [5.74, 6) is -0.920. The fourth-order valence-corrected chi connectivity index (χ4v) is 3.27. The van der Waals surface area contributed by atoms with Crippen molar-refractivity contribution in [1.82, 2.24) is 14.8 Å². The van der Waals surface area contributed by atoms with E-state index in [0.717, 1.165) is 16.8 Å². The van der Waals surface area contributed by atoms with Gasteiger partial charge in [-0.3, -0.25) is 14.9 Å². The highest BCUT2D eigenvalue weighted by molar-refractivity contribution is 6.30. The number of aliphatic carboxylic acids is 1. The quantitative estimate of drug-likeness (QED) is 0.556. The van der Waals surface area contributed by atoms with Crippen LogP contribution in [-0.2, 0) is 9.59 Å². The van der Waals surface area contributed by atoms with E-state index < -0.39 is 11.9 Å². The van der Waals surface area contributed by atoms with E-state index in [9.17, 15) is 9.59 Å². The summed E-state index contributed by atoms with van der Waals surface area (Å²) >= 11 is 6.01. The Morgan fingerprint density at radius 1 is 1.10 bits per heavy atom. The standard InChI is InChI=1S/C21H18ClN5O3/c22-15-8-6-13(7-9-15)16-12-17(14-4-2-1-3-5-14)27-21(23-16)25-20(26-27)24-18(28)10-11-19(29)30/h1-9,12,17H,10-11H2,(H,29,30)(H2,23,24,25,26,28)/t17-/m1/s1. The molecule has 3 aromatic rings. The molecule has 2 aromatic carbocycles. The number of aromatic nitrogens is 3. The molecule has 0 aliphatic carbocycles. The van der Waals surface area contributed by atoms with Gasteiger partial charge in [0.15, 0.2) is 0 Å². The summed E-state index contributed by atoms with van der Waals surface area (Å²) in [6.07, 6.45) is 1.62. The maximum atomic E-state index is 12.0. The number of nitrogens with zero attached hydrogens (tertiary/aromatic N) is 3. The van der Waals surface area contributed by atoms with Crippen LogP contribution >= 0.6 is 11.6 Å². The first kappa shape index (κ1) is 19.7. The number of carbonyl (C=O) groups excluding carboxylic acids is 1. The predicted molar refractivity (Wildman–Crippen MR) is 113 cm³/mol. The minimum Gasteiger partial charge on any atom is -0.481 e. The Balaban J connectivity index is 1.66. The number of carboxylic acid groups (broad SMARTS) is 1. The summed E-state index contributed by atoms with van der Waals surface area (Å²) in [6, 6.07) is 17.0. The topological polar surface area (TPSA) is 109 Å². The van der Waals surface area contributed by atoms with E-state index in [1.54, 1.807) is 4.68 Å². The predicted octanol–water partition coefficient (Wildman–Crippen LogP) is 3.79. The Labute approximate surface area is 177 Å². The summed E-state index contributed by atoms with van der Waals surface area (Å²) in [5.41, 5.74) is 2.77. The zero-order chi connectivity index (χ0) is 21.1. The number of amides is 1. The monoisotopic (exact) mass is 423 g/mol. The first-order valence-corrected chi connectivity index (χ1v) is 9.65. The molecule has 4 rings (SSSR count). The van der Waals surface area contributed by atoms with Crippen molar-refractivity contribution in [3.63, 3.8) is 0 Å². The zero-order valence-electron chi connectivity index (χ0n) is 15.7. The third kappa shape index (κ3) is 4.33. The van der Waals surface area contributed by atoms with Crippen LogP contribution in [0.4, 0.5) is 11.9 Å². The van der Waals surface area contributed by atoms with Crippen molar-refractivity contribution in [2.45, 2.75) is 18.9 Å². The Hall–Kier alpha value is -3.65. The highest BCUT2D eigenvalue weighted by Gasteiger charge is 2.25. The number of hydrogen-bond donors (Lipinski definition) is 3. The second-order valence-corrected chi connectivity index (χ2v) is 7.15. The molecule has 1 amide bonds. The first-order chi connectivity index (χ1) is 14.5. The number of benzene rings is 2.